The first-order chi connectivity index (χ1) is 7.81. The quantitative estimate of drug-likeness (QED) is 0.613. The van der Waals surface area contributed by atoms with Gasteiger partial charge in [0.15, 0.2) is 11.5 Å². The largest absolute Gasteiger partial charge is 0.573 e. The summed E-state index contributed by atoms with van der Waals surface area (Å²) in [7, 11) is 0. The second-order valence-electron chi connectivity index (χ2n) is 2.84. The van der Waals surface area contributed by atoms with Crippen LogP contribution in [0, 0.1) is 0 Å². The van der Waals surface area contributed by atoms with Crippen LogP contribution >= 0.6 is 11.6 Å². The summed E-state index contributed by atoms with van der Waals surface area (Å²) in [5.41, 5.74) is 0.285. The summed E-state index contributed by atoms with van der Waals surface area (Å²) in [5.74, 6) is -1.63. The van der Waals surface area contributed by atoms with Gasteiger partial charge in [-0.15, -0.1) is 24.8 Å². The third-order valence-electron chi connectivity index (χ3n) is 1.60. The molecule has 0 spiro atoms. The fourth-order valence-corrected chi connectivity index (χ4v) is 1.20. The Hall–Kier alpha value is -1.24. The predicted molar refractivity (Wildman–Crippen MR) is 49.3 cm³/mol. The standard InChI is InChI=1S/C9H6ClF5O2/c10-4-5-1-2-6(16-8(11)12)7(3-5)17-9(13,14)15/h1-3,8H,4H2. The van der Waals surface area contributed by atoms with Crippen molar-refractivity contribution in [1.82, 2.24) is 0 Å². The summed E-state index contributed by atoms with van der Waals surface area (Å²) in [6.45, 7) is -3.24. The highest BCUT2D eigenvalue weighted by atomic mass is 35.5. The molecule has 0 radical (unpaired) electrons. The number of ether oxygens (including phenoxy) is 2. The molecule has 0 aliphatic heterocycles. The Morgan fingerprint density at radius 2 is 1.82 bits per heavy atom. The minimum Gasteiger partial charge on any atom is -0.431 e. The summed E-state index contributed by atoms with van der Waals surface area (Å²) in [6, 6.07) is 3.08. The van der Waals surface area contributed by atoms with Gasteiger partial charge in [-0.05, 0) is 17.7 Å². The SMILES string of the molecule is FC(F)Oc1ccc(CCl)cc1OC(F)(F)F. The molecule has 0 heterocycles. The van der Waals surface area contributed by atoms with Gasteiger partial charge < -0.3 is 9.47 Å². The zero-order chi connectivity index (χ0) is 13.1. The third-order valence-corrected chi connectivity index (χ3v) is 1.91. The smallest absolute Gasteiger partial charge is 0.431 e. The van der Waals surface area contributed by atoms with E-state index in [1.807, 2.05) is 0 Å². The average Bonchev–Trinajstić information content (AvgIpc) is 2.17. The van der Waals surface area contributed by atoms with Gasteiger partial charge in [0.05, 0.1) is 0 Å². The van der Waals surface area contributed by atoms with E-state index >= 15 is 0 Å². The second kappa shape index (κ2) is 5.39. The molecule has 96 valence electrons. The Bertz CT molecular complexity index is 380. The van der Waals surface area contributed by atoms with Gasteiger partial charge in [-0.25, -0.2) is 0 Å². The van der Waals surface area contributed by atoms with Crippen LogP contribution in [-0.2, 0) is 5.88 Å². The third kappa shape index (κ3) is 4.64. The van der Waals surface area contributed by atoms with Gasteiger partial charge in [0.25, 0.3) is 0 Å². The molecule has 0 saturated carbocycles. The Labute approximate surface area is 97.9 Å². The van der Waals surface area contributed by atoms with E-state index in [9.17, 15) is 22.0 Å². The number of hydrogen-bond donors (Lipinski definition) is 0. The summed E-state index contributed by atoms with van der Waals surface area (Å²) < 4.78 is 67.3. The Balaban J connectivity index is 3.03. The zero-order valence-corrected chi connectivity index (χ0v) is 8.86. The Morgan fingerprint density at radius 1 is 1.18 bits per heavy atom. The molecule has 1 aromatic carbocycles. The van der Waals surface area contributed by atoms with Crippen molar-refractivity contribution in [2.24, 2.45) is 0 Å². The summed E-state index contributed by atoms with van der Waals surface area (Å²) in [5, 5.41) is 0. The topological polar surface area (TPSA) is 18.5 Å². The monoisotopic (exact) mass is 276 g/mol. The number of halogens is 6. The lowest BCUT2D eigenvalue weighted by Crippen LogP contribution is -2.18. The second-order valence-corrected chi connectivity index (χ2v) is 3.11. The normalized spacial score (nSPS) is 11.7. The van der Waals surface area contributed by atoms with Crippen molar-refractivity contribution in [3.05, 3.63) is 23.8 Å². The molecule has 1 aromatic rings. The number of alkyl halides is 6. The minimum absolute atomic E-state index is 0.0802. The van der Waals surface area contributed by atoms with Gasteiger partial charge in [0.2, 0.25) is 0 Å². The average molecular weight is 277 g/mol. The van der Waals surface area contributed by atoms with Crippen molar-refractivity contribution in [2.45, 2.75) is 18.9 Å². The molecular weight excluding hydrogens is 271 g/mol. The highest BCUT2D eigenvalue weighted by molar-refractivity contribution is 6.17. The first-order valence-electron chi connectivity index (χ1n) is 4.21. The lowest BCUT2D eigenvalue weighted by atomic mass is 10.2. The van der Waals surface area contributed by atoms with Crippen LogP contribution in [0.2, 0.25) is 0 Å². The molecule has 2 nitrogen and oxygen atoms in total. The Kier molecular flexibility index (Phi) is 4.39. The van der Waals surface area contributed by atoms with Crippen molar-refractivity contribution >= 4 is 11.6 Å². The number of hydrogen-bond acceptors (Lipinski definition) is 2. The highest BCUT2D eigenvalue weighted by Crippen LogP contribution is 2.34. The van der Waals surface area contributed by atoms with Crippen LogP contribution in [-0.4, -0.2) is 13.0 Å². The van der Waals surface area contributed by atoms with Crippen LogP contribution in [0.15, 0.2) is 18.2 Å². The zero-order valence-electron chi connectivity index (χ0n) is 8.10. The van der Waals surface area contributed by atoms with E-state index in [1.165, 1.54) is 6.07 Å². The molecule has 17 heavy (non-hydrogen) atoms. The van der Waals surface area contributed by atoms with Crippen molar-refractivity contribution in [2.75, 3.05) is 0 Å². The van der Waals surface area contributed by atoms with E-state index in [2.05, 4.69) is 9.47 Å². The molecule has 0 N–H and O–H groups in total. The molecule has 0 aromatic heterocycles. The van der Waals surface area contributed by atoms with Crippen LogP contribution in [0.4, 0.5) is 22.0 Å². The fraction of sp³-hybridized carbons (Fsp3) is 0.333. The van der Waals surface area contributed by atoms with Crippen LogP contribution < -0.4 is 9.47 Å². The highest BCUT2D eigenvalue weighted by Gasteiger charge is 2.33. The molecule has 0 atom stereocenters. The van der Waals surface area contributed by atoms with Gasteiger partial charge in [0, 0.05) is 5.88 Å². The molecular formula is C9H6ClF5O2. The van der Waals surface area contributed by atoms with E-state index < -0.39 is 24.5 Å². The first kappa shape index (κ1) is 13.8. The maximum atomic E-state index is 12.0. The van der Waals surface area contributed by atoms with Crippen LogP contribution in [0.5, 0.6) is 11.5 Å². The van der Waals surface area contributed by atoms with E-state index in [0.29, 0.717) is 0 Å². The number of benzene rings is 1. The molecule has 0 unspecified atom stereocenters. The predicted octanol–water partition coefficient (Wildman–Crippen LogP) is 3.93. The molecule has 0 bridgehead atoms. The van der Waals surface area contributed by atoms with Crippen molar-refractivity contribution in [3.8, 4) is 11.5 Å². The first-order valence-corrected chi connectivity index (χ1v) is 4.74. The Morgan fingerprint density at radius 3 is 2.29 bits per heavy atom. The molecule has 0 fully saturated rings. The summed E-state index contributed by atoms with van der Waals surface area (Å²) >= 11 is 5.40. The maximum absolute atomic E-state index is 12.0. The van der Waals surface area contributed by atoms with Crippen LogP contribution in [0.1, 0.15) is 5.56 Å². The molecule has 0 saturated heterocycles. The van der Waals surface area contributed by atoms with Gasteiger partial charge in [-0.3, -0.25) is 0 Å². The van der Waals surface area contributed by atoms with Gasteiger partial charge in [-0.2, -0.15) is 8.78 Å². The van der Waals surface area contributed by atoms with Crippen molar-refractivity contribution in [3.63, 3.8) is 0 Å². The van der Waals surface area contributed by atoms with Gasteiger partial charge in [-0.1, -0.05) is 6.07 Å². The number of rotatable bonds is 4. The lowest BCUT2D eigenvalue weighted by molar-refractivity contribution is -0.275. The van der Waals surface area contributed by atoms with Crippen molar-refractivity contribution < 1.29 is 31.4 Å². The summed E-state index contributed by atoms with van der Waals surface area (Å²) in [6.07, 6.45) is -4.99. The van der Waals surface area contributed by atoms with Gasteiger partial charge in [0.1, 0.15) is 0 Å². The molecule has 8 heteroatoms. The van der Waals surface area contributed by atoms with Crippen LogP contribution in [0.3, 0.4) is 0 Å². The fourth-order valence-electron chi connectivity index (χ4n) is 1.03. The van der Waals surface area contributed by atoms with E-state index in [1.54, 1.807) is 0 Å². The van der Waals surface area contributed by atoms with E-state index in [4.69, 9.17) is 11.6 Å². The van der Waals surface area contributed by atoms with E-state index in [-0.39, 0.29) is 11.4 Å². The van der Waals surface area contributed by atoms with Gasteiger partial charge >= 0.3 is 13.0 Å². The van der Waals surface area contributed by atoms with Crippen molar-refractivity contribution in [1.29, 1.82) is 0 Å². The van der Waals surface area contributed by atoms with E-state index in [0.717, 1.165) is 12.1 Å². The molecule has 0 aliphatic carbocycles. The molecule has 0 amide bonds. The minimum atomic E-state index is -4.99. The van der Waals surface area contributed by atoms with Crippen LogP contribution in [0.25, 0.3) is 0 Å². The molecule has 1 rings (SSSR count). The summed E-state index contributed by atoms with van der Waals surface area (Å²) in [4.78, 5) is 0. The maximum Gasteiger partial charge on any atom is 0.573 e. The lowest BCUT2D eigenvalue weighted by Gasteiger charge is -2.14. The molecule has 0 aliphatic rings.